The summed E-state index contributed by atoms with van der Waals surface area (Å²) in [7, 11) is 0. The molecule has 2 aromatic rings. The number of ketones is 1. The van der Waals surface area contributed by atoms with E-state index in [1.807, 2.05) is 0 Å². The molecule has 146 valence electrons. The number of hydrogen-bond acceptors (Lipinski definition) is 5. The van der Waals surface area contributed by atoms with Gasteiger partial charge in [-0.25, -0.2) is 4.39 Å². The van der Waals surface area contributed by atoms with Crippen molar-refractivity contribution in [2.45, 2.75) is 12.8 Å². The van der Waals surface area contributed by atoms with Crippen LogP contribution in [0.5, 0.6) is 11.5 Å². The fraction of sp³-hybridized carbons (Fsp3) is 0.250. The average molecular weight is 386 g/mol. The molecule has 0 atom stereocenters. The molecular formula is C20H19FN2O5. The van der Waals surface area contributed by atoms with Crippen LogP contribution in [-0.2, 0) is 9.59 Å². The molecule has 0 aromatic heterocycles. The summed E-state index contributed by atoms with van der Waals surface area (Å²) < 4.78 is 23.7. The van der Waals surface area contributed by atoms with Crippen LogP contribution in [0.1, 0.15) is 23.2 Å². The van der Waals surface area contributed by atoms with Crippen molar-refractivity contribution in [2.24, 2.45) is 0 Å². The predicted octanol–water partition coefficient (Wildman–Crippen LogP) is 2.31. The first kappa shape index (κ1) is 19.3. The maximum Gasteiger partial charge on any atom is 0.243 e. The first-order valence-corrected chi connectivity index (χ1v) is 8.76. The van der Waals surface area contributed by atoms with Crippen LogP contribution >= 0.6 is 0 Å². The van der Waals surface area contributed by atoms with Gasteiger partial charge in [0.25, 0.3) is 0 Å². The smallest absolute Gasteiger partial charge is 0.243 e. The Hall–Kier alpha value is -3.42. The monoisotopic (exact) mass is 386 g/mol. The molecule has 0 spiro atoms. The normalized spacial score (nSPS) is 12.2. The quantitative estimate of drug-likeness (QED) is 0.713. The number of rotatable bonds is 7. The summed E-state index contributed by atoms with van der Waals surface area (Å²) in [5.41, 5.74) is 0.862. The second-order valence-corrected chi connectivity index (χ2v) is 6.11. The molecule has 1 aliphatic rings. The number of carbonyl (C=O) groups is 3. The number of hydrogen-bond donors (Lipinski definition) is 2. The Kier molecular flexibility index (Phi) is 6.21. The predicted molar refractivity (Wildman–Crippen MR) is 99.0 cm³/mol. The fourth-order valence-electron chi connectivity index (χ4n) is 2.60. The molecule has 1 aliphatic heterocycles. The molecule has 0 radical (unpaired) electrons. The molecule has 8 heteroatoms. The van der Waals surface area contributed by atoms with Crippen LogP contribution in [0.25, 0.3) is 0 Å². The van der Waals surface area contributed by atoms with Gasteiger partial charge < -0.3 is 20.1 Å². The van der Waals surface area contributed by atoms with Gasteiger partial charge >= 0.3 is 0 Å². The lowest BCUT2D eigenvalue weighted by Crippen LogP contribution is -2.33. The Balaban J connectivity index is 1.41. The van der Waals surface area contributed by atoms with Gasteiger partial charge in [-0.2, -0.15) is 0 Å². The minimum Gasteiger partial charge on any atom is -0.486 e. The zero-order valence-corrected chi connectivity index (χ0v) is 15.0. The first-order chi connectivity index (χ1) is 13.5. The van der Waals surface area contributed by atoms with E-state index in [1.165, 1.54) is 24.3 Å². The van der Waals surface area contributed by atoms with Gasteiger partial charge in [-0.3, -0.25) is 14.4 Å². The highest BCUT2D eigenvalue weighted by atomic mass is 19.1. The van der Waals surface area contributed by atoms with Gasteiger partial charge in [0.05, 0.1) is 6.54 Å². The van der Waals surface area contributed by atoms with Gasteiger partial charge in [0.15, 0.2) is 17.3 Å². The van der Waals surface area contributed by atoms with E-state index in [0.29, 0.717) is 36.0 Å². The average Bonchev–Trinajstić information content (AvgIpc) is 2.71. The topological polar surface area (TPSA) is 93.7 Å². The van der Waals surface area contributed by atoms with Gasteiger partial charge in [0, 0.05) is 30.2 Å². The van der Waals surface area contributed by atoms with Gasteiger partial charge in [0.1, 0.15) is 19.0 Å². The number of nitrogens with one attached hydrogen (secondary N) is 2. The van der Waals surface area contributed by atoms with Crippen LogP contribution in [0, 0.1) is 5.82 Å². The molecule has 0 saturated carbocycles. The highest BCUT2D eigenvalue weighted by Gasteiger charge is 2.14. The van der Waals surface area contributed by atoms with E-state index in [4.69, 9.17) is 9.47 Å². The lowest BCUT2D eigenvalue weighted by molar-refractivity contribution is -0.124. The van der Waals surface area contributed by atoms with Crippen LogP contribution in [0.4, 0.5) is 10.1 Å². The Morgan fingerprint density at radius 2 is 1.61 bits per heavy atom. The lowest BCUT2D eigenvalue weighted by Gasteiger charge is -2.19. The van der Waals surface area contributed by atoms with Crippen LogP contribution in [0.3, 0.4) is 0 Å². The first-order valence-electron chi connectivity index (χ1n) is 8.76. The summed E-state index contributed by atoms with van der Waals surface area (Å²) in [4.78, 5) is 35.8. The zero-order valence-electron chi connectivity index (χ0n) is 15.0. The van der Waals surface area contributed by atoms with E-state index in [1.54, 1.807) is 18.2 Å². The summed E-state index contributed by atoms with van der Waals surface area (Å²) in [6, 6.07) is 10.1. The Labute approximate surface area is 160 Å². The van der Waals surface area contributed by atoms with Crippen molar-refractivity contribution in [1.29, 1.82) is 0 Å². The van der Waals surface area contributed by atoms with Crippen LogP contribution < -0.4 is 20.1 Å². The van der Waals surface area contributed by atoms with Crippen LogP contribution in [0.15, 0.2) is 42.5 Å². The summed E-state index contributed by atoms with van der Waals surface area (Å²) in [6.07, 6.45) is -0.0885. The summed E-state index contributed by atoms with van der Waals surface area (Å²) >= 11 is 0. The molecule has 3 rings (SSSR count). The van der Waals surface area contributed by atoms with E-state index in [0.717, 1.165) is 0 Å². The second kappa shape index (κ2) is 8.98. The highest BCUT2D eigenvalue weighted by Crippen LogP contribution is 2.32. The van der Waals surface area contributed by atoms with Gasteiger partial charge in [-0.05, 0) is 36.4 Å². The molecule has 0 bridgehead atoms. The maximum atomic E-state index is 12.9. The molecule has 7 nitrogen and oxygen atoms in total. The summed E-state index contributed by atoms with van der Waals surface area (Å²) in [5.74, 6) is -0.368. The van der Waals surface area contributed by atoms with Crippen molar-refractivity contribution in [3.63, 3.8) is 0 Å². The SMILES string of the molecule is O=C(CCC(=O)c1ccc(F)cc1)NCC(=O)Nc1ccc2c(c1)OCCO2. The van der Waals surface area contributed by atoms with Crippen molar-refractivity contribution < 1.29 is 28.2 Å². The number of ether oxygens (including phenoxy) is 2. The number of fused-ring (bicyclic) bond motifs is 1. The largest absolute Gasteiger partial charge is 0.486 e. The third-order valence-electron chi connectivity index (χ3n) is 4.02. The van der Waals surface area contributed by atoms with Crippen molar-refractivity contribution in [3.8, 4) is 11.5 Å². The van der Waals surface area contributed by atoms with E-state index < -0.39 is 17.6 Å². The summed E-state index contributed by atoms with van der Waals surface area (Å²) in [6.45, 7) is 0.698. The van der Waals surface area contributed by atoms with Gasteiger partial charge in [-0.1, -0.05) is 0 Å². The maximum absolute atomic E-state index is 12.9. The standard InChI is InChI=1S/C20H19FN2O5/c21-14-3-1-13(2-4-14)16(24)6-8-19(25)22-12-20(26)23-15-5-7-17-18(11-15)28-10-9-27-17/h1-5,7,11H,6,8-10,12H2,(H,22,25)(H,23,26). The Morgan fingerprint density at radius 1 is 0.893 bits per heavy atom. The fourth-order valence-corrected chi connectivity index (χ4v) is 2.60. The number of benzene rings is 2. The van der Waals surface area contributed by atoms with Crippen molar-refractivity contribution in [2.75, 3.05) is 25.1 Å². The Morgan fingerprint density at radius 3 is 2.36 bits per heavy atom. The minimum absolute atomic E-state index is 0.0265. The number of Topliss-reactive ketones (excluding diaryl/α,β-unsaturated/α-hetero) is 1. The van der Waals surface area contributed by atoms with E-state index >= 15 is 0 Å². The molecule has 0 saturated heterocycles. The number of halogens is 1. The van der Waals surface area contributed by atoms with Crippen LogP contribution in [0.2, 0.25) is 0 Å². The molecule has 0 aliphatic carbocycles. The number of carbonyl (C=O) groups excluding carboxylic acids is 3. The molecule has 2 N–H and O–H groups in total. The van der Waals surface area contributed by atoms with Crippen molar-refractivity contribution >= 4 is 23.3 Å². The van der Waals surface area contributed by atoms with Gasteiger partial charge in [0.2, 0.25) is 11.8 Å². The van der Waals surface area contributed by atoms with Gasteiger partial charge in [-0.15, -0.1) is 0 Å². The third-order valence-corrected chi connectivity index (χ3v) is 4.02. The van der Waals surface area contributed by atoms with E-state index in [2.05, 4.69) is 10.6 Å². The molecule has 2 amide bonds. The second-order valence-electron chi connectivity index (χ2n) is 6.11. The lowest BCUT2D eigenvalue weighted by atomic mass is 10.1. The highest BCUT2D eigenvalue weighted by molar-refractivity contribution is 5.99. The van der Waals surface area contributed by atoms with Crippen molar-refractivity contribution in [1.82, 2.24) is 5.32 Å². The molecule has 2 aromatic carbocycles. The van der Waals surface area contributed by atoms with E-state index in [9.17, 15) is 18.8 Å². The minimum atomic E-state index is -0.432. The summed E-state index contributed by atoms with van der Waals surface area (Å²) in [5, 5.41) is 5.11. The number of amides is 2. The zero-order chi connectivity index (χ0) is 19.9. The van der Waals surface area contributed by atoms with Crippen molar-refractivity contribution in [3.05, 3.63) is 53.8 Å². The molecular weight excluding hydrogens is 367 g/mol. The number of anilines is 1. The molecule has 1 heterocycles. The molecule has 0 fully saturated rings. The molecule has 28 heavy (non-hydrogen) atoms. The van der Waals surface area contributed by atoms with Crippen LogP contribution in [-0.4, -0.2) is 37.4 Å². The third kappa shape index (κ3) is 5.29. The molecule has 0 unspecified atom stereocenters. The Bertz CT molecular complexity index is 883. The van der Waals surface area contributed by atoms with E-state index in [-0.39, 0.29) is 25.2 Å².